The molecule has 1 heterocycles. The van der Waals surface area contributed by atoms with Crippen LogP contribution in [0.4, 0.5) is 10.1 Å². The Bertz CT molecular complexity index is 219. The van der Waals surface area contributed by atoms with Crippen molar-refractivity contribution in [3.05, 3.63) is 23.2 Å². The van der Waals surface area contributed by atoms with Gasteiger partial charge in [0, 0.05) is 13.2 Å². The second-order valence-corrected chi connectivity index (χ2v) is 2.12. The van der Waals surface area contributed by atoms with Crippen molar-refractivity contribution >= 4 is 17.3 Å². The van der Waals surface area contributed by atoms with Gasteiger partial charge in [-0.3, -0.25) is 0 Å². The number of rotatable bonds is 1. The standard InChI is InChI=1S/C6H6ClFN2/c1-9-5-4(7)2-3-10-6(5)8/h2-3,9H,1H3. The number of hydrogen-bond donors (Lipinski definition) is 1. The number of halogens is 2. The summed E-state index contributed by atoms with van der Waals surface area (Å²) in [6.45, 7) is 0. The van der Waals surface area contributed by atoms with Crippen molar-refractivity contribution in [2.24, 2.45) is 0 Å². The van der Waals surface area contributed by atoms with Crippen molar-refractivity contribution in [1.82, 2.24) is 4.98 Å². The van der Waals surface area contributed by atoms with Crippen LogP contribution in [0.2, 0.25) is 5.02 Å². The van der Waals surface area contributed by atoms with E-state index in [0.717, 1.165) is 0 Å². The molecule has 0 aliphatic heterocycles. The van der Waals surface area contributed by atoms with Crippen molar-refractivity contribution in [3.8, 4) is 0 Å². The Kier molecular flexibility index (Phi) is 2.06. The van der Waals surface area contributed by atoms with Gasteiger partial charge in [-0.2, -0.15) is 4.39 Å². The first-order chi connectivity index (χ1) is 4.75. The quantitative estimate of drug-likeness (QED) is 0.635. The fraction of sp³-hybridized carbons (Fsp3) is 0.167. The lowest BCUT2D eigenvalue weighted by molar-refractivity contribution is 0.588. The molecule has 4 heteroatoms. The van der Waals surface area contributed by atoms with Crippen LogP contribution in [0.3, 0.4) is 0 Å². The van der Waals surface area contributed by atoms with Crippen LogP contribution >= 0.6 is 11.6 Å². The molecule has 1 aromatic rings. The zero-order valence-corrected chi connectivity index (χ0v) is 6.11. The number of anilines is 1. The minimum absolute atomic E-state index is 0.240. The van der Waals surface area contributed by atoms with Crippen molar-refractivity contribution in [3.63, 3.8) is 0 Å². The molecule has 1 aromatic heterocycles. The van der Waals surface area contributed by atoms with E-state index in [1.54, 1.807) is 7.05 Å². The van der Waals surface area contributed by atoms with Crippen LogP contribution in [0.1, 0.15) is 0 Å². The van der Waals surface area contributed by atoms with Gasteiger partial charge >= 0.3 is 0 Å². The molecule has 0 aliphatic carbocycles. The summed E-state index contributed by atoms with van der Waals surface area (Å²) in [7, 11) is 1.59. The van der Waals surface area contributed by atoms with Crippen LogP contribution in [0, 0.1) is 5.95 Å². The molecule has 1 rings (SSSR count). The van der Waals surface area contributed by atoms with Gasteiger partial charge in [-0.1, -0.05) is 11.6 Å². The Hall–Kier alpha value is -0.830. The zero-order chi connectivity index (χ0) is 7.56. The summed E-state index contributed by atoms with van der Waals surface area (Å²) in [6, 6.07) is 1.52. The summed E-state index contributed by atoms with van der Waals surface area (Å²) in [5.41, 5.74) is 0.240. The van der Waals surface area contributed by atoms with Gasteiger partial charge in [-0.15, -0.1) is 0 Å². The summed E-state index contributed by atoms with van der Waals surface area (Å²) < 4.78 is 12.6. The van der Waals surface area contributed by atoms with E-state index in [-0.39, 0.29) is 5.69 Å². The van der Waals surface area contributed by atoms with E-state index in [9.17, 15) is 4.39 Å². The van der Waals surface area contributed by atoms with Crippen LogP contribution < -0.4 is 5.32 Å². The number of hydrogen-bond acceptors (Lipinski definition) is 2. The number of nitrogens with one attached hydrogen (secondary N) is 1. The lowest BCUT2D eigenvalue weighted by Crippen LogP contribution is -1.95. The maximum absolute atomic E-state index is 12.6. The molecule has 0 aromatic carbocycles. The van der Waals surface area contributed by atoms with E-state index < -0.39 is 5.95 Å². The largest absolute Gasteiger partial charge is 0.383 e. The molecule has 0 spiro atoms. The fourth-order valence-electron chi connectivity index (χ4n) is 0.637. The van der Waals surface area contributed by atoms with Crippen LogP contribution in [-0.4, -0.2) is 12.0 Å². The first-order valence-electron chi connectivity index (χ1n) is 2.73. The monoisotopic (exact) mass is 160 g/mol. The van der Waals surface area contributed by atoms with Gasteiger partial charge in [0.25, 0.3) is 0 Å². The Morgan fingerprint density at radius 2 is 2.40 bits per heavy atom. The smallest absolute Gasteiger partial charge is 0.237 e. The highest BCUT2D eigenvalue weighted by atomic mass is 35.5. The van der Waals surface area contributed by atoms with E-state index in [2.05, 4.69) is 10.3 Å². The number of pyridine rings is 1. The van der Waals surface area contributed by atoms with Crippen molar-refractivity contribution in [2.75, 3.05) is 12.4 Å². The SMILES string of the molecule is CNc1c(Cl)ccnc1F. The van der Waals surface area contributed by atoms with Gasteiger partial charge in [-0.05, 0) is 6.07 Å². The summed E-state index contributed by atoms with van der Waals surface area (Å²) in [5, 5.41) is 2.94. The topological polar surface area (TPSA) is 24.9 Å². The zero-order valence-electron chi connectivity index (χ0n) is 5.36. The lowest BCUT2D eigenvalue weighted by Gasteiger charge is -2.01. The Morgan fingerprint density at radius 3 is 2.80 bits per heavy atom. The normalized spacial score (nSPS) is 9.50. The third-order valence-corrected chi connectivity index (χ3v) is 1.42. The molecule has 1 N–H and O–H groups in total. The van der Waals surface area contributed by atoms with E-state index >= 15 is 0 Å². The van der Waals surface area contributed by atoms with E-state index in [1.165, 1.54) is 12.3 Å². The van der Waals surface area contributed by atoms with Crippen molar-refractivity contribution in [2.45, 2.75) is 0 Å². The van der Waals surface area contributed by atoms with E-state index in [1.807, 2.05) is 0 Å². The second-order valence-electron chi connectivity index (χ2n) is 1.71. The van der Waals surface area contributed by atoms with E-state index in [0.29, 0.717) is 5.02 Å². The molecule has 0 saturated carbocycles. The molecule has 0 aliphatic rings. The van der Waals surface area contributed by atoms with Crippen molar-refractivity contribution in [1.29, 1.82) is 0 Å². The minimum Gasteiger partial charge on any atom is -0.383 e. The molecule has 2 nitrogen and oxygen atoms in total. The molecule has 0 bridgehead atoms. The molecule has 0 saturated heterocycles. The fourth-order valence-corrected chi connectivity index (χ4v) is 0.866. The van der Waals surface area contributed by atoms with Gasteiger partial charge in [0.2, 0.25) is 5.95 Å². The molecule has 0 unspecified atom stereocenters. The second kappa shape index (κ2) is 2.84. The van der Waals surface area contributed by atoms with Gasteiger partial charge in [0.15, 0.2) is 0 Å². The maximum Gasteiger partial charge on any atom is 0.237 e. The molecule has 54 valence electrons. The first-order valence-corrected chi connectivity index (χ1v) is 3.11. The van der Waals surface area contributed by atoms with Crippen LogP contribution in [-0.2, 0) is 0 Å². The molecule has 0 amide bonds. The molecule has 0 atom stereocenters. The van der Waals surface area contributed by atoms with Crippen LogP contribution in [0.25, 0.3) is 0 Å². The predicted octanol–water partition coefficient (Wildman–Crippen LogP) is 1.92. The molecule has 0 radical (unpaired) electrons. The Labute approximate surface area is 63.0 Å². The summed E-state index contributed by atoms with van der Waals surface area (Å²) in [5.74, 6) is -0.574. The third-order valence-electron chi connectivity index (χ3n) is 1.10. The van der Waals surface area contributed by atoms with Gasteiger partial charge in [0.05, 0.1) is 5.02 Å². The Morgan fingerprint density at radius 1 is 1.70 bits per heavy atom. The average Bonchev–Trinajstić information content (AvgIpc) is 1.88. The minimum atomic E-state index is -0.574. The number of nitrogens with zero attached hydrogens (tertiary/aromatic N) is 1. The summed E-state index contributed by atoms with van der Waals surface area (Å²) in [4.78, 5) is 3.40. The highest BCUT2D eigenvalue weighted by Crippen LogP contribution is 2.21. The van der Waals surface area contributed by atoms with Gasteiger partial charge in [0.1, 0.15) is 5.69 Å². The van der Waals surface area contributed by atoms with Crippen LogP contribution in [0.5, 0.6) is 0 Å². The molecular weight excluding hydrogens is 155 g/mol. The average molecular weight is 161 g/mol. The van der Waals surface area contributed by atoms with E-state index in [4.69, 9.17) is 11.6 Å². The summed E-state index contributed by atoms with van der Waals surface area (Å²) in [6.07, 6.45) is 1.32. The van der Waals surface area contributed by atoms with Gasteiger partial charge < -0.3 is 5.32 Å². The number of aromatic nitrogens is 1. The molecular formula is C6H6ClFN2. The maximum atomic E-state index is 12.6. The summed E-state index contributed by atoms with van der Waals surface area (Å²) >= 11 is 5.59. The van der Waals surface area contributed by atoms with Crippen molar-refractivity contribution < 1.29 is 4.39 Å². The van der Waals surface area contributed by atoms with Crippen LogP contribution in [0.15, 0.2) is 12.3 Å². The van der Waals surface area contributed by atoms with Gasteiger partial charge in [-0.25, -0.2) is 4.98 Å². The highest BCUT2D eigenvalue weighted by Gasteiger charge is 2.03. The first kappa shape index (κ1) is 7.28. The predicted molar refractivity (Wildman–Crippen MR) is 38.8 cm³/mol. The molecule has 0 fully saturated rings. The third kappa shape index (κ3) is 1.19. The highest BCUT2D eigenvalue weighted by molar-refractivity contribution is 6.33. The molecule has 10 heavy (non-hydrogen) atoms. The Balaban J connectivity index is 3.17. The lowest BCUT2D eigenvalue weighted by atomic mass is 10.4.